The van der Waals surface area contributed by atoms with Crippen molar-refractivity contribution in [1.82, 2.24) is 0 Å². The van der Waals surface area contributed by atoms with Gasteiger partial charge >= 0.3 is 11.9 Å². The van der Waals surface area contributed by atoms with E-state index in [1.165, 1.54) is 25.3 Å². The number of nitrogens with zero attached hydrogens (tertiary/aromatic N) is 1. The molecule has 5 nitrogen and oxygen atoms in total. The van der Waals surface area contributed by atoms with E-state index in [1.807, 2.05) is 0 Å². The Morgan fingerprint density at radius 3 is 2.46 bits per heavy atom. The SMILES string of the molecule is CC1(C(=O)O)C=CC=NC1C(=O)O. The van der Waals surface area contributed by atoms with E-state index >= 15 is 0 Å². The van der Waals surface area contributed by atoms with E-state index in [0.29, 0.717) is 0 Å². The zero-order valence-corrected chi connectivity index (χ0v) is 6.97. The van der Waals surface area contributed by atoms with Crippen molar-refractivity contribution in [2.75, 3.05) is 0 Å². The van der Waals surface area contributed by atoms with Crippen molar-refractivity contribution < 1.29 is 19.8 Å². The number of hydrogen-bond acceptors (Lipinski definition) is 3. The molecule has 0 aromatic heterocycles. The Kier molecular flexibility index (Phi) is 2.18. The Hall–Kier alpha value is -1.65. The molecule has 2 unspecified atom stereocenters. The van der Waals surface area contributed by atoms with Gasteiger partial charge in [0, 0.05) is 6.21 Å². The third-order valence-corrected chi connectivity index (χ3v) is 2.03. The normalized spacial score (nSPS) is 31.6. The van der Waals surface area contributed by atoms with Crippen LogP contribution in [-0.4, -0.2) is 34.4 Å². The van der Waals surface area contributed by atoms with Crippen LogP contribution < -0.4 is 0 Å². The highest BCUT2D eigenvalue weighted by molar-refractivity contribution is 5.91. The summed E-state index contributed by atoms with van der Waals surface area (Å²) < 4.78 is 0. The number of hydrogen-bond donors (Lipinski definition) is 2. The quantitative estimate of drug-likeness (QED) is 0.638. The lowest BCUT2D eigenvalue weighted by Crippen LogP contribution is -2.43. The number of aliphatic carboxylic acids is 2. The van der Waals surface area contributed by atoms with Crippen LogP contribution in [0.5, 0.6) is 0 Å². The minimum Gasteiger partial charge on any atom is -0.481 e. The number of dihydropyridines is 1. The first-order valence-corrected chi connectivity index (χ1v) is 3.65. The predicted octanol–water partition coefficient (Wildman–Crippen LogP) is 0.171. The van der Waals surface area contributed by atoms with Crippen LogP contribution in [0.2, 0.25) is 0 Å². The second-order valence-electron chi connectivity index (χ2n) is 2.99. The topological polar surface area (TPSA) is 87.0 Å². The molecule has 0 aromatic carbocycles. The maximum atomic E-state index is 10.8. The van der Waals surface area contributed by atoms with Crippen LogP contribution in [0.4, 0.5) is 0 Å². The minimum atomic E-state index is -1.44. The van der Waals surface area contributed by atoms with Gasteiger partial charge in [-0.2, -0.15) is 0 Å². The Morgan fingerprint density at radius 2 is 2.08 bits per heavy atom. The van der Waals surface area contributed by atoms with Gasteiger partial charge in [0.05, 0.1) is 0 Å². The Bertz CT molecular complexity index is 307. The lowest BCUT2D eigenvalue weighted by molar-refractivity contribution is -0.153. The van der Waals surface area contributed by atoms with E-state index in [1.54, 1.807) is 0 Å². The van der Waals surface area contributed by atoms with Crippen LogP contribution in [0.3, 0.4) is 0 Å². The molecule has 0 fully saturated rings. The van der Waals surface area contributed by atoms with Gasteiger partial charge in [0.15, 0.2) is 6.04 Å². The lowest BCUT2D eigenvalue weighted by Gasteiger charge is -2.26. The summed E-state index contributed by atoms with van der Waals surface area (Å²) in [5, 5.41) is 17.5. The highest BCUT2D eigenvalue weighted by Gasteiger charge is 2.44. The van der Waals surface area contributed by atoms with Crippen molar-refractivity contribution in [1.29, 1.82) is 0 Å². The van der Waals surface area contributed by atoms with Gasteiger partial charge < -0.3 is 10.2 Å². The molecule has 0 bridgehead atoms. The average molecular weight is 183 g/mol. The van der Waals surface area contributed by atoms with Crippen molar-refractivity contribution >= 4 is 18.2 Å². The molecule has 5 heteroatoms. The molecule has 13 heavy (non-hydrogen) atoms. The molecule has 0 spiro atoms. The minimum absolute atomic E-state index is 1.19. The molecule has 0 aromatic rings. The summed E-state index contributed by atoms with van der Waals surface area (Å²) in [4.78, 5) is 25.1. The number of carboxylic acids is 2. The molecule has 2 N–H and O–H groups in total. The largest absolute Gasteiger partial charge is 0.481 e. The van der Waals surface area contributed by atoms with E-state index in [0.717, 1.165) is 0 Å². The van der Waals surface area contributed by atoms with Crippen LogP contribution in [0.15, 0.2) is 17.1 Å². The van der Waals surface area contributed by atoms with Crippen LogP contribution in [0.25, 0.3) is 0 Å². The number of carboxylic acid groups (broad SMARTS) is 2. The zero-order valence-electron chi connectivity index (χ0n) is 6.97. The van der Waals surface area contributed by atoms with Crippen molar-refractivity contribution in [3.8, 4) is 0 Å². The summed E-state index contributed by atoms with van der Waals surface area (Å²) in [7, 11) is 0. The van der Waals surface area contributed by atoms with Gasteiger partial charge in [-0.25, -0.2) is 4.79 Å². The molecular weight excluding hydrogens is 174 g/mol. The third-order valence-electron chi connectivity index (χ3n) is 2.03. The highest BCUT2D eigenvalue weighted by atomic mass is 16.4. The first kappa shape index (κ1) is 9.44. The van der Waals surface area contributed by atoms with Crippen molar-refractivity contribution in [2.45, 2.75) is 13.0 Å². The van der Waals surface area contributed by atoms with Crippen molar-refractivity contribution in [3.63, 3.8) is 0 Å². The number of aliphatic imine (C=N–C) groups is 1. The molecule has 1 aliphatic rings. The van der Waals surface area contributed by atoms with Crippen molar-refractivity contribution in [3.05, 3.63) is 12.2 Å². The Labute approximate surface area is 74.4 Å². The smallest absolute Gasteiger partial charge is 0.329 e. The summed E-state index contributed by atoms with van der Waals surface area (Å²) in [5.41, 5.74) is -1.44. The van der Waals surface area contributed by atoms with E-state index in [2.05, 4.69) is 4.99 Å². The Morgan fingerprint density at radius 1 is 1.46 bits per heavy atom. The van der Waals surface area contributed by atoms with Gasteiger partial charge in [0.25, 0.3) is 0 Å². The summed E-state index contributed by atoms with van der Waals surface area (Å²) in [6.45, 7) is 1.33. The van der Waals surface area contributed by atoms with Crippen LogP contribution in [0, 0.1) is 5.41 Å². The average Bonchev–Trinajstić information content (AvgIpc) is 2.04. The maximum Gasteiger partial charge on any atom is 0.329 e. The van der Waals surface area contributed by atoms with Gasteiger partial charge in [0.1, 0.15) is 5.41 Å². The van der Waals surface area contributed by atoms with E-state index in [4.69, 9.17) is 10.2 Å². The third kappa shape index (κ3) is 1.44. The summed E-state index contributed by atoms with van der Waals surface area (Å²) >= 11 is 0. The molecule has 0 saturated carbocycles. The molecule has 70 valence electrons. The lowest BCUT2D eigenvalue weighted by atomic mass is 9.81. The van der Waals surface area contributed by atoms with Gasteiger partial charge in [-0.3, -0.25) is 9.79 Å². The summed E-state index contributed by atoms with van der Waals surface area (Å²) in [6, 6.07) is -1.24. The monoisotopic (exact) mass is 183 g/mol. The van der Waals surface area contributed by atoms with E-state index < -0.39 is 23.4 Å². The highest BCUT2D eigenvalue weighted by Crippen LogP contribution is 2.28. The van der Waals surface area contributed by atoms with Gasteiger partial charge in [-0.05, 0) is 13.0 Å². The zero-order chi connectivity index (χ0) is 10.1. The van der Waals surface area contributed by atoms with Gasteiger partial charge in [-0.15, -0.1) is 0 Å². The summed E-state index contributed by atoms with van der Waals surface area (Å²) in [5.74, 6) is -2.42. The van der Waals surface area contributed by atoms with Crippen LogP contribution in [0.1, 0.15) is 6.92 Å². The number of allylic oxidation sites excluding steroid dienone is 1. The van der Waals surface area contributed by atoms with Gasteiger partial charge in [0.2, 0.25) is 0 Å². The van der Waals surface area contributed by atoms with Gasteiger partial charge in [-0.1, -0.05) is 6.08 Å². The number of rotatable bonds is 2. The molecule has 1 rings (SSSR count). The molecule has 1 heterocycles. The van der Waals surface area contributed by atoms with Crippen molar-refractivity contribution in [2.24, 2.45) is 10.4 Å². The molecule has 0 aliphatic carbocycles. The molecular formula is C8H9NO4. The van der Waals surface area contributed by atoms with E-state index in [-0.39, 0.29) is 0 Å². The van der Waals surface area contributed by atoms with E-state index in [9.17, 15) is 9.59 Å². The molecule has 0 amide bonds. The Balaban J connectivity index is 3.07. The fourth-order valence-corrected chi connectivity index (χ4v) is 1.13. The molecule has 0 radical (unpaired) electrons. The predicted molar refractivity (Wildman–Crippen MR) is 44.8 cm³/mol. The first-order valence-electron chi connectivity index (χ1n) is 3.65. The second-order valence-corrected chi connectivity index (χ2v) is 2.99. The molecule has 0 saturated heterocycles. The number of carbonyl (C=O) groups is 2. The fraction of sp³-hybridized carbons (Fsp3) is 0.375. The summed E-state index contributed by atoms with van der Waals surface area (Å²) in [6.07, 6.45) is 4.07. The fourth-order valence-electron chi connectivity index (χ4n) is 1.13. The van der Waals surface area contributed by atoms with Crippen LogP contribution in [-0.2, 0) is 9.59 Å². The first-order chi connectivity index (χ1) is 5.98. The second kappa shape index (κ2) is 3.01. The van der Waals surface area contributed by atoms with Crippen LogP contribution >= 0.6 is 0 Å². The maximum absolute atomic E-state index is 10.8. The molecule has 1 aliphatic heterocycles. The molecule has 2 atom stereocenters. The standard InChI is InChI=1S/C8H9NO4/c1-8(7(12)13)3-2-4-9-5(8)6(10)11/h2-5H,1H3,(H,10,11)(H,12,13).